The number of carbonyl (C=O) groups excluding carboxylic acids is 1. The quantitative estimate of drug-likeness (QED) is 0.843. The zero-order valence-electron chi connectivity index (χ0n) is 11.3. The summed E-state index contributed by atoms with van der Waals surface area (Å²) in [5.74, 6) is -1.40. The molecule has 116 valence electrons. The summed E-state index contributed by atoms with van der Waals surface area (Å²) in [4.78, 5) is 11.7. The summed E-state index contributed by atoms with van der Waals surface area (Å²) in [5.41, 5.74) is 0.585. The number of nitrogens with one attached hydrogen (secondary N) is 2. The van der Waals surface area contributed by atoms with Crippen molar-refractivity contribution in [3.05, 3.63) is 35.1 Å². The lowest BCUT2D eigenvalue weighted by Gasteiger charge is -2.23. The molecule has 21 heavy (non-hydrogen) atoms. The van der Waals surface area contributed by atoms with E-state index < -0.39 is 24.4 Å². The van der Waals surface area contributed by atoms with E-state index in [4.69, 9.17) is 0 Å². The molecule has 0 atom stereocenters. The number of amides is 1. The second-order valence-corrected chi connectivity index (χ2v) is 5.10. The maximum absolute atomic E-state index is 13.6. The Labute approximate surface area is 119 Å². The van der Waals surface area contributed by atoms with Crippen LogP contribution in [0.4, 0.5) is 17.6 Å². The number of benzene rings is 1. The van der Waals surface area contributed by atoms with Crippen LogP contribution in [0.2, 0.25) is 0 Å². The molecule has 1 fully saturated rings. The minimum Gasteiger partial charge on any atom is -0.343 e. The summed E-state index contributed by atoms with van der Waals surface area (Å²) in [6, 6.07) is 3.78. The van der Waals surface area contributed by atoms with Crippen LogP contribution in [0.3, 0.4) is 0 Å². The first-order valence-electron chi connectivity index (χ1n) is 6.71. The van der Waals surface area contributed by atoms with E-state index in [-0.39, 0.29) is 11.5 Å². The lowest BCUT2D eigenvalue weighted by Crippen LogP contribution is -2.34. The first kappa shape index (κ1) is 15.8. The fraction of sp³-hybridized carbons (Fsp3) is 0.500. The largest absolute Gasteiger partial charge is 0.405 e. The molecule has 2 rings (SSSR count). The molecule has 0 bridgehead atoms. The molecule has 3 nitrogen and oxygen atoms in total. The van der Waals surface area contributed by atoms with Gasteiger partial charge in [-0.1, -0.05) is 0 Å². The zero-order chi connectivity index (χ0) is 15.5. The Morgan fingerprint density at radius 1 is 1.24 bits per heavy atom. The summed E-state index contributed by atoms with van der Waals surface area (Å²) in [6.07, 6.45) is -2.86. The minimum atomic E-state index is -4.49. The van der Waals surface area contributed by atoms with Crippen LogP contribution in [-0.4, -0.2) is 31.7 Å². The van der Waals surface area contributed by atoms with E-state index in [0.717, 1.165) is 32.0 Å². The number of alkyl halides is 3. The second-order valence-electron chi connectivity index (χ2n) is 5.10. The van der Waals surface area contributed by atoms with Crippen LogP contribution in [-0.2, 0) is 0 Å². The van der Waals surface area contributed by atoms with Gasteiger partial charge in [0.1, 0.15) is 12.4 Å². The van der Waals surface area contributed by atoms with E-state index in [9.17, 15) is 22.4 Å². The monoisotopic (exact) mass is 304 g/mol. The zero-order valence-corrected chi connectivity index (χ0v) is 11.3. The first-order chi connectivity index (χ1) is 9.85. The van der Waals surface area contributed by atoms with Crippen molar-refractivity contribution in [1.29, 1.82) is 0 Å². The van der Waals surface area contributed by atoms with E-state index in [2.05, 4.69) is 5.32 Å². The van der Waals surface area contributed by atoms with Gasteiger partial charge in [0.05, 0.1) is 0 Å². The molecular formula is C14H16F4N2O. The molecule has 7 heteroatoms. The van der Waals surface area contributed by atoms with Crippen LogP contribution in [0.25, 0.3) is 0 Å². The number of rotatable bonds is 3. The van der Waals surface area contributed by atoms with E-state index in [1.807, 2.05) is 0 Å². The van der Waals surface area contributed by atoms with Crippen molar-refractivity contribution in [3.63, 3.8) is 0 Å². The van der Waals surface area contributed by atoms with Crippen molar-refractivity contribution < 1.29 is 22.4 Å². The van der Waals surface area contributed by atoms with Crippen molar-refractivity contribution in [2.45, 2.75) is 24.9 Å². The highest BCUT2D eigenvalue weighted by Gasteiger charge is 2.28. The maximum atomic E-state index is 13.6. The molecule has 0 aromatic heterocycles. The molecular weight excluding hydrogens is 288 g/mol. The van der Waals surface area contributed by atoms with Crippen molar-refractivity contribution in [1.82, 2.24) is 10.6 Å². The minimum absolute atomic E-state index is 0.0761. The predicted molar refractivity (Wildman–Crippen MR) is 69.6 cm³/mol. The van der Waals surface area contributed by atoms with Crippen molar-refractivity contribution in [3.8, 4) is 0 Å². The molecule has 1 aliphatic heterocycles. The van der Waals surface area contributed by atoms with E-state index in [0.29, 0.717) is 5.56 Å². The predicted octanol–water partition coefficient (Wildman–Crippen LogP) is 2.58. The van der Waals surface area contributed by atoms with Gasteiger partial charge in [-0.05, 0) is 55.6 Å². The molecule has 1 aromatic carbocycles. The van der Waals surface area contributed by atoms with Crippen LogP contribution >= 0.6 is 0 Å². The third kappa shape index (κ3) is 4.70. The molecule has 1 aliphatic rings. The number of carbonyl (C=O) groups is 1. The van der Waals surface area contributed by atoms with E-state index in [1.165, 1.54) is 12.1 Å². The lowest BCUT2D eigenvalue weighted by molar-refractivity contribution is -0.123. The highest BCUT2D eigenvalue weighted by molar-refractivity contribution is 5.94. The summed E-state index contributed by atoms with van der Waals surface area (Å²) in [7, 11) is 0. The van der Waals surface area contributed by atoms with Gasteiger partial charge in [-0.2, -0.15) is 13.2 Å². The number of halogens is 4. The van der Waals surface area contributed by atoms with Crippen molar-refractivity contribution in [2.24, 2.45) is 0 Å². The van der Waals surface area contributed by atoms with Crippen molar-refractivity contribution in [2.75, 3.05) is 19.6 Å². The Morgan fingerprint density at radius 3 is 2.52 bits per heavy atom. The van der Waals surface area contributed by atoms with Crippen LogP contribution in [0.5, 0.6) is 0 Å². The molecule has 1 aromatic rings. The molecule has 0 saturated carbocycles. The van der Waals surface area contributed by atoms with Crippen LogP contribution < -0.4 is 10.6 Å². The summed E-state index contributed by atoms with van der Waals surface area (Å²) in [6.45, 7) is 0.179. The summed E-state index contributed by atoms with van der Waals surface area (Å²) in [5, 5.41) is 4.93. The average Bonchev–Trinajstić information content (AvgIpc) is 2.44. The van der Waals surface area contributed by atoms with Gasteiger partial charge in [-0.3, -0.25) is 4.79 Å². The fourth-order valence-corrected chi connectivity index (χ4v) is 2.42. The number of hydrogen-bond donors (Lipinski definition) is 2. The van der Waals surface area contributed by atoms with Gasteiger partial charge in [0, 0.05) is 5.56 Å². The third-order valence-corrected chi connectivity index (χ3v) is 3.44. The first-order valence-corrected chi connectivity index (χ1v) is 6.71. The van der Waals surface area contributed by atoms with E-state index >= 15 is 0 Å². The molecule has 1 saturated heterocycles. The fourth-order valence-electron chi connectivity index (χ4n) is 2.42. The Balaban J connectivity index is 2.12. The van der Waals surface area contributed by atoms with Gasteiger partial charge in [0.15, 0.2) is 0 Å². The van der Waals surface area contributed by atoms with Crippen LogP contribution in [0, 0.1) is 5.82 Å². The third-order valence-electron chi connectivity index (χ3n) is 3.44. The normalized spacial score (nSPS) is 16.8. The highest BCUT2D eigenvalue weighted by atomic mass is 19.4. The van der Waals surface area contributed by atoms with Gasteiger partial charge in [0.2, 0.25) is 0 Å². The number of hydrogen-bond acceptors (Lipinski definition) is 2. The van der Waals surface area contributed by atoms with Crippen LogP contribution in [0.1, 0.15) is 34.7 Å². The molecule has 1 heterocycles. The van der Waals surface area contributed by atoms with Gasteiger partial charge < -0.3 is 10.6 Å². The van der Waals surface area contributed by atoms with Crippen LogP contribution in [0.15, 0.2) is 18.2 Å². The Morgan fingerprint density at radius 2 is 1.90 bits per heavy atom. The second kappa shape index (κ2) is 6.43. The average molecular weight is 304 g/mol. The Kier molecular flexibility index (Phi) is 4.82. The Hall–Kier alpha value is -1.63. The van der Waals surface area contributed by atoms with Gasteiger partial charge in [0.25, 0.3) is 5.91 Å². The summed E-state index contributed by atoms with van der Waals surface area (Å²) < 4.78 is 49.9. The topological polar surface area (TPSA) is 41.1 Å². The van der Waals surface area contributed by atoms with Crippen molar-refractivity contribution >= 4 is 5.91 Å². The lowest BCUT2D eigenvalue weighted by atomic mass is 9.89. The molecule has 0 spiro atoms. The molecule has 1 amide bonds. The highest BCUT2D eigenvalue weighted by Crippen LogP contribution is 2.26. The van der Waals surface area contributed by atoms with Gasteiger partial charge >= 0.3 is 6.18 Å². The Bertz CT molecular complexity index is 510. The van der Waals surface area contributed by atoms with Gasteiger partial charge in [-0.15, -0.1) is 0 Å². The molecule has 0 aliphatic carbocycles. The summed E-state index contributed by atoms with van der Waals surface area (Å²) >= 11 is 0. The molecule has 2 N–H and O–H groups in total. The smallest absolute Gasteiger partial charge is 0.343 e. The maximum Gasteiger partial charge on any atom is 0.405 e. The van der Waals surface area contributed by atoms with Gasteiger partial charge in [-0.25, -0.2) is 4.39 Å². The molecule has 0 unspecified atom stereocenters. The molecule has 0 radical (unpaired) electrons. The SMILES string of the molecule is O=C(NCC(F)(F)F)c1cc(F)cc(C2CCNCC2)c1. The standard InChI is InChI=1S/C14H16F4N2O/c15-12-6-10(9-1-3-19-4-2-9)5-11(7-12)13(21)20-8-14(16,17)18/h5-7,9,19H,1-4,8H2,(H,20,21). The van der Waals surface area contributed by atoms with E-state index in [1.54, 1.807) is 5.32 Å². The number of piperidine rings is 1.